The van der Waals surface area contributed by atoms with Crippen LogP contribution in [0.5, 0.6) is 0 Å². The molecule has 0 saturated heterocycles. The first-order valence-electron chi connectivity index (χ1n) is 6.36. The highest BCUT2D eigenvalue weighted by molar-refractivity contribution is 6.36. The SMILES string of the molecule is CC(CC(=O)Nc1ccc(Cl)cc1Cl)c1ccccc1. The van der Waals surface area contributed by atoms with Gasteiger partial charge in [-0.2, -0.15) is 0 Å². The van der Waals surface area contributed by atoms with Crippen molar-refractivity contribution >= 4 is 34.8 Å². The van der Waals surface area contributed by atoms with E-state index in [1.165, 1.54) is 0 Å². The van der Waals surface area contributed by atoms with Gasteiger partial charge >= 0.3 is 0 Å². The zero-order valence-corrected chi connectivity index (χ0v) is 12.6. The van der Waals surface area contributed by atoms with E-state index >= 15 is 0 Å². The first-order valence-corrected chi connectivity index (χ1v) is 7.11. The normalized spacial score (nSPS) is 11.9. The smallest absolute Gasteiger partial charge is 0.225 e. The number of halogens is 2. The summed E-state index contributed by atoms with van der Waals surface area (Å²) in [5.41, 5.74) is 1.73. The molecule has 2 rings (SSSR count). The number of benzene rings is 2. The van der Waals surface area contributed by atoms with Gasteiger partial charge in [0.15, 0.2) is 0 Å². The van der Waals surface area contributed by atoms with E-state index in [1.54, 1.807) is 18.2 Å². The summed E-state index contributed by atoms with van der Waals surface area (Å²) in [5.74, 6) is 0.0906. The maximum atomic E-state index is 12.0. The first-order chi connectivity index (χ1) is 9.56. The lowest BCUT2D eigenvalue weighted by Crippen LogP contribution is -2.14. The monoisotopic (exact) mass is 307 g/mol. The van der Waals surface area contributed by atoms with Gasteiger partial charge in [-0.1, -0.05) is 60.5 Å². The molecular formula is C16H15Cl2NO. The molecule has 0 fully saturated rings. The second-order valence-electron chi connectivity index (χ2n) is 4.69. The van der Waals surface area contributed by atoms with Crippen LogP contribution >= 0.6 is 23.2 Å². The molecule has 0 saturated carbocycles. The quantitative estimate of drug-likeness (QED) is 0.834. The van der Waals surface area contributed by atoms with E-state index in [0.29, 0.717) is 22.2 Å². The van der Waals surface area contributed by atoms with Gasteiger partial charge in [0.25, 0.3) is 0 Å². The lowest BCUT2D eigenvalue weighted by atomic mass is 9.97. The van der Waals surface area contributed by atoms with E-state index in [9.17, 15) is 4.79 Å². The topological polar surface area (TPSA) is 29.1 Å². The summed E-state index contributed by atoms with van der Waals surface area (Å²) in [6.45, 7) is 2.03. The fourth-order valence-electron chi connectivity index (χ4n) is 1.97. The van der Waals surface area contributed by atoms with Crippen molar-refractivity contribution in [1.82, 2.24) is 0 Å². The third kappa shape index (κ3) is 3.99. The van der Waals surface area contributed by atoms with Gasteiger partial charge in [0.05, 0.1) is 10.7 Å². The molecule has 1 unspecified atom stereocenters. The van der Waals surface area contributed by atoms with Crippen LogP contribution in [0.2, 0.25) is 10.0 Å². The molecule has 2 nitrogen and oxygen atoms in total. The van der Waals surface area contributed by atoms with Gasteiger partial charge in [-0.05, 0) is 29.7 Å². The van der Waals surface area contributed by atoms with E-state index in [0.717, 1.165) is 5.56 Å². The van der Waals surface area contributed by atoms with Gasteiger partial charge in [0.2, 0.25) is 5.91 Å². The lowest BCUT2D eigenvalue weighted by molar-refractivity contribution is -0.116. The number of amides is 1. The third-order valence-corrected chi connectivity index (χ3v) is 3.61. The molecule has 0 heterocycles. The molecule has 2 aromatic rings. The maximum absolute atomic E-state index is 12.0. The average molecular weight is 308 g/mol. The molecule has 0 aromatic heterocycles. The zero-order chi connectivity index (χ0) is 14.5. The second-order valence-corrected chi connectivity index (χ2v) is 5.53. The number of carbonyl (C=O) groups is 1. The van der Waals surface area contributed by atoms with Gasteiger partial charge in [-0.15, -0.1) is 0 Å². The molecule has 2 aromatic carbocycles. The number of hydrogen-bond donors (Lipinski definition) is 1. The molecule has 1 atom stereocenters. The average Bonchev–Trinajstić information content (AvgIpc) is 2.43. The predicted octanol–water partition coefficient (Wildman–Crippen LogP) is 5.13. The van der Waals surface area contributed by atoms with Crippen LogP contribution in [0.25, 0.3) is 0 Å². The molecule has 0 aliphatic carbocycles. The Kier molecular flexibility index (Phi) is 5.05. The predicted molar refractivity (Wildman–Crippen MR) is 84.6 cm³/mol. The third-order valence-electron chi connectivity index (χ3n) is 3.07. The Hall–Kier alpha value is -1.51. The van der Waals surface area contributed by atoms with Gasteiger partial charge in [0, 0.05) is 11.4 Å². The number of nitrogens with one attached hydrogen (secondary N) is 1. The minimum absolute atomic E-state index is 0.0643. The van der Waals surface area contributed by atoms with Crippen LogP contribution in [0.4, 0.5) is 5.69 Å². The van der Waals surface area contributed by atoms with Crippen LogP contribution in [0, 0.1) is 0 Å². The Balaban J connectivity index is 1.99. The van der Waals surface area contributed by atoms with E-state index in [2.05, 4.69) is 5.32 Å². The van der Waals surface area contributed by atoms with Crippen molar-refractivity contribution in [1.29, 1.82) is 0 Å². The summed E-state index contributed by atoms with van der Waals surface area (Å²) in [6.07, 6.45) is 0.406. The van der Waals surface area contributed by atoms with E-state index in [4.69, 9.17) is 23.2 Å². The Morgan fingerprint density at radius 3 is 2.50 bits per heavy atom. The van der Waals surface area contributed by atoms with Crippen LogP contribution in [0.15, 0.2) is 48.5 Å². The molecule has 0 radical (unpaired) electrons. The zero-order valence-electron chi connectivity index (χ0n) is 11.1. The number of rotatable bonds is 4. The van der Waals surface area contributed by atoms with Crippen molar-refractivity contribution in [3.63, 3.8) is 0 Å². The molecule has 104 valence electrons. The van der Waals surface area contributed by atoms with Crippen LogP contribution in [0.1, 0.15) is 24.8 Å². The van der Waals surface area contributed by atoms with Gasteiger partial charge in [-0.25, -0.2) is 0 Å². The Morgan fingerprint density at radius 1 is 1.15 bits per heavy atom. The minimum atomic E-state index is -0.0643. The summed E-state index contributed by atoms with van der Waals surface area (Å²) in [5, 5.41) is 3.80. The van der Waals surface area contributed by atoms with E-state index in [1.807, 2.05) is 37.3 Å². The molecule has 0 aliphatic heterocycles. The number of hydrogen-bond acceptors (Lipinski definition) is 1. The van der Waals surface area contributed by atoms with Crippen molar-refractivity contribution in [3.05, 3.63) is 64.1 Å². The molecular weight excluding hydrogens is 293 g/mol. The van der Waals surface area contributed by atoms with Crippen molar-refractivity contribution < 1.29 is 4.79 Å². The minimum Gasteiger partial charge on any atom is -0.325 e. The molecule has 0 bridgehead atoms. The largest absolute Gasteiger partial charge is 0.325 e. The Morgan fingerprint density at radius 2 is 1.85 bits per heavy atom. The molecule has 1 N–H and O–H groups in total. The Labute approximate surface area is 128 Å². The van der Waals surface area contributed by atoms with Crippen LogP contribution in [-0.2, 0) is 4.79 Å². The van der Waals surface area contributed by atoms with Crippen molar-refractivity contribution in [2.45, 2.75) is 19.3 Å². The van der Waals surface area contributed by atoms with Gasteiger partial charge < -0.3 is 5.32 Å². The Bertz CT molecular complexity index is 599. The molecule has 0 aliphatic rings. The van der Waals surface area contributed by atoms with Gasteiger partial charge in [0.1, 0.15) is 0 Å². The number of anilines is 1. The fraction of sp³-hybridized carbons (Fsp3) is 0.188. The van der Waals surface area contributed by atoms with Crippen molar-refractivity contribution in [2.24, 2.45) is 0 Å². The maximum Gasteiger partial charge on any atom is 0.225 e. The summed E-state index contributed by atoms with van der Waals surface area (Å²) in [6, 6.07) is 15.0. The summed E-state index contributed by atoms with van der Waals surface area (Å²) >= 11 is 11.8. The fourth-order valence-corrected chi connectivity index (χ4v) is 2.43. The highest BCUT2D eigenvalue weighted by atomic mass is 35.5. The summed E-state index contributed by atoms with van der Waals surface area (Å²) in [7, 11) is 0. The standard InChI is InChI=1S/C16H15Cl2NO/c1-11(12-5-3-2-4-6-12)9-16(20)19-15-8-7-13(17)10-14(15)18/h2-8,10-11H,9H2,1H3,(H,19,20). The first kappa shape index (κ1) is 14.9. The van der Waals surface area contributed by atoms with E-state index in [-0.39, 0.29) is 11.8 Å². The van der Waals surface area contributed by atoms with Crippen LogP contribution in [-0.4, -0.2) is 5.91 Å². The second kappa shape index (κ2) is 6.78. The summed E-state index contributed by atoms with van der Waals surface area (Å²) < 4.78 is 0. The van der Waals surface area contributed by atoms with Crippen LogP contribution in [0.3, 0.4) is 0 Å². The number of carbonyl (C=O) groups excluding carboxylic acids is 1. The highest BCUT2D eigenvalue weighted by Gasteiger charge is 2.12. The summed E-state index contributed by atoms with van der Waals surface area (Å²) in [4.78, 5) is 12.0. The molecule has 4 heteroatoms. The highest BCUT2D eigenvalue weighted by Crippen LogP contribution is 2.26. The van der Waals surface area contributed by atoms with Crippen LogP contribution < -0.4 is 5.32 Å². The molecule has 0 spiro atoms. The van der Waals surface area contributed by atoms with E-state index < -0.39 is 0 Å². The van der Waals surface area contributed by atoms with Gasteiger partial charge in [-0.3, -0.25) is 4.79 Å². The van der Waals surface area contributed by atoms with Crippen molar-refractivity contribution in [2.75, 3.05) is 5.32 Å². The molecule has 20 heavy (non-hydrogen) atoms. The van der Waals surface area contributed by atoms with Crippen molar-refractivity contribution in [3.8, 4) is 0 Å². The molecule has 1 amide bonds. The lowest BCUT2D eigenvalue weighted by Gasteiger charge is -2.12.